The van der Waals surface area contributed by atoms with E-state index in [0.29, 0.717) is 18.8 Å². The monoisotopic (exact) mass is 432 g/mol. The molecule has 0 aliphatic carbocycles. The summed E-state index contributed by atoms with van der Waals surface area (Å²) in [6, 6.07) is 13.5. The summed E-state index contributed by atoms with van der Waals surface area (Å²) in [5.41, 5.74) is 1.22. The number of hydrogen-bond acceptors (Lipinski definition) is 5. The van der Waals surface area contributed by atoms with Crippen LogP contribution < -0.4 is 15.5 Å². The molecular formula is C20H21FN4O4S. The summed E-state index contributed by atoms with van der Waals surface area (Å²) in [6.45, 7) is 1.24. The van der Waals surface area contributed by atoms with Crippen LogP contribution in [0.15, 0.2) is 48.5 Å². The number of halogens is 1. The lowest BCUT2D eigenvalue weighted by molar-refractivity contribution is -0.119. The fourth-order valence-corrected chi connectivity index (χ4v) is 3.11. The summed E-state index contributed by atoms with van der Waals surface area (Å²) in [5, 5.41) is 15.9. The predicted octanol–water partition coefficient (Wildman–Crippen LogP) is 2.47. The molecule has 0 unspecified atom stereocenters. The van der Waals surface area contributed by atoms with E-state index in [1.54, 1.807) is 6.07 Å². The highest BCUT2D eigenvalue weighted by molar-refractivity contribution is 7.80. The maximum atomic E-state index is 14.4. The predicted molar refractivity (Wildman–Crippen MR) is 113 cm³/mol. The van der Waals surface area contributed by atoms with Gasteiger partial charge in [0.15, 0.2) is 16.7 Å². The van der Waals surface area contributed by atoms with E-state index in [1.165, 1.54) is 22.1 Å². The van der Waals surface area contributed by atoms with Crippen LogP contribution in [0.4, 0.5) is 14.9 Å². The highest BCUT2D eigenvalue weighted by Gasteiger charge is 2.22. The molecule has 2 amide bonds. The van der Waals surface area contributed by atoms with E-state index in [-0.39, 0.29) is 36.3 Å². The zero-order valence-electron chi connectivity index (χ0n) is 16.0. The maximum absolute atomic E-state index is 14.4. The lowest BCUT2D eigenvalue weighted by Gasteiger charge is -2.32. The minimum absolute atomic E-state index is 0.0170. The van der Waals surface area contributed by atoms with Crippen molar-refractivity contribution in [1.82, 2.24) is 15.3 Å². The van der Waals surface area contributed by atoms with Gasteiger partial charge in [0.1, 0.15) is 0 Å². The number of carbonyl (C=O) groups is 2. The van der Waals surface area contributed by atoms with E-state index < -0.39 is 11.9 Å². The van der Waals surface area contributed by atoms with Crippen molar-refractivity contribution in [2.24, 2.45) is 0 Å². The molecule has 0 bridgehead atoms. The van der Waals surface area contributed by atoms with Crippen LogP contribution in [0.5, 0.6) is 5.75 Å². The number of carbonyl (C=O) groups excluding carboxylic acids is 1. The van der Waals surface area contributed by atoms with Crippen LogP contribution in [0.25, 0.3) is 0 Å². The van der Waals surface area contributed by atoms with E-state index in [4.69, 9.17) is 22.2 Å². The number of hydrogen-bond donors (Lipinski definition) is 3. The summed E-state index contributed by atoms with van der Waals surface area (Å²) in [4.78, 5) is 29.8. The zero-order chi connectivity index (χ0) is 21.5. The lowest BCUT2D eigenvalue weighted by atomic mass is 10.1. The minimum Gasteiger partial charge on any atom is -0.465 e. The Bertz CT molecular complexity index is 920. The fraction of sp³-hybridized carbons (Fsp3) is 0.250. The normalized spacial score (nSPS) is 14.1. The summed E-state index contributed by atoms with van der Waals surface area (Å²) >= 11 is 5.11. The molecule has 0 spiro atoms. The van der Waals surface area contributed by atoms with E-state index in [0.717, 1.165) is 5.56 Å². The Morgan fingerprint density at radius 1 is 1.10 bits per heavy atom. The third-order valence-electron chi connectivity index (χ3n) is 4.39. The van der Waals surface area contributed by atoms with E-state index in [9.17, 15) is 14.0 Å². The van der Waals surface area contributed by atoms with Gasteiger partial charge < -0.3 is 25.5 Å². The van der Waals surface area contributed by atoms with Gasteiger partial charge >= 0.3 is 6.09 Å². The Morgan fingerprint density at radius 2 is 1.80 bits per heavy atom. The Morgan fingerprint density at radius 3 is 2.43 bits per heavy atom. The van der Waals surface area contributed by atoms with Gasteiger partial charge in [-0.15, -0.1) is 5.06 Å². The highest BCUT2D eigenvalue weighted by Crippen LogP contribution is 2.22. The van der Waals surface area contributed by atoms with Crippen molar-refractivity contribution in [2.45, 2.75) is 6.42 Å². The van der Waals surface area contributed by atoms with Gasteiger partial charge in [-0.05, 0) is 29.9 Å². The minimum atomic E-state index is -0.983. The Hall–Kier alpha value is -3.24. The molecule has 10 heteroatoms. The number of nitrogens with zero attached hydrogens (tertiary/aromatic N) is 2. The van der Waals surface area contributed by atoms with Gasteiger partial charge in [0.25, 0.3) is 0 Å². The summed E-state index contributed by atoms with van der Waals surface area (Å²) < 4.78 is 14.4. The molecule has 2 aromatic rings. The molecule has 0 atom stereocenters. The Kier molecular flexibility index (Phi) is 7.15. The summed E-state index contributed by atoms with van der Waals surface area (Å²) in [7, 11) is 0. The molecule has 0 radical (unpaired) electrons. The third kappa shape index (κ3) is 6.13. The average molecular weight is 432 g/mol. The van der Waals surface area contributed by atoms with Crippen molar-refractivity contribution in [3.63, 3.8) is 0 Å². The summed E-state index contributed by atoms with van der Waals surface area (Å²) in [6.07, 6.45) is -0.804. The van der Waals surface area contributed by atoms with Gasteiger partial charge in [0, 0.05) is 24.8 Å². The van der Waals surface area contributed by atoms with Crippen molar-refractivity contribution in [2.75, 3.05) is 31.5 Å². The SMILES string of the molecule is O=C(Cc1ccccc1)NC(=S)Nc1ccc(ON2CCN(C(=O)O)CC2)c(F)c1. The van der Waals surface area contributed by atoms with Gasteiger partial charge in [0.2, 0.25) is 5.91 Å². The lowest BCUT2D eigenvalue weighted by Crippen LogP contribution is -2.49. The number of hydroxylamine groups is 2. The molecule has 0 aromatic heterocycles. The molecule has 8 nitrogen and oxygen atoms in total. The second-order valence-electron chi connectivity index (χ2n) is 6.60. The molecule has 0 saturated carbocycles. The summed E-state index contributed by atoms with van der Waals surface area (Å²) in [5.74, 6) is -0.873. The van der Waals surface area contributed by atoms with Crippen LogP contribution in [-0.4, -0.2) is 58.4 Å². The molecule has 1 saturated heterocycles. The second-order valence-corrected chi connectivity index (χ2v) is 7.01. The molecule has 1 fully saturated rings. The van der Waals surface area contributed by atoms with E-state index >= 15 is 0 Å². The molecular weight excluding hydrogens is 411 g/mol. The van der Waals surface area contributed by atoms with Gasteiger partial charge in [-0.1, -0.05) is 30.3 Å². The molecule has 158 valence electrons. The average Bonchev–Trinajstić information content (AvgIpc) is 2.71. The van der Waals surface area contributed by atoms with E-state index in [1.807, 2.05) is 30.3 Å². The van der Waals surface area contributed by atoms with Crippen molar-refractivity contribution in [3.05, 3.63) is 59.9 Å². The third-order valence-corrected chi connectivity index (χ3v) is 4.59. The maximum Gasteiger partial charge on any atom is 0.407 e. The van der Waals surface area contributed by atoms with E-state index in [2.05, 4.69) is 10.6 Å². The molecule has 1 aliphatic rings. The standard InChI is InChI=1S/C20H21FN4O4S/c21-16-13-15(22-19(30)23-18(26)12-14-4-2-1-3-5-14)6-7-17(16)29-25-10-8-24(9-11-25)20(27)28/h1-7,13H,8-12H2,(H,27,28)(H2,22,23,26,30). The number of anilines is 1. The first-order valence-electron chi connectivity index (χ1n) is 9.26. The van der Waals surface area contributed by atoms with Crippen molar-refractivity contribution in [3.8, 4) is 5.75 Å². The molecule has 3 rings (SSSR count). The second kappa shape index (κ2) is 9.99. The number of carboxylic acid groups (broad SMARTS) is 1. The van der Waals surface area contributed by atoms with Gasteiger partial charge in [-0.2, -0.15) is 0 Å². The number of nitrogens with one attached hydrogen (secondary N) is 2. The number of thiocarbonyl (C=S) groups is 1. The van der Waals surface area contributed by atoms with Crippen LogP contribution in [0, 0.1) is 5.82 Å². The van der Waals surface area contributed by atoms with Crippen LogP contribution in [0.3, 0.4) is 0 Å². The first-order chi connectivity index (χ1) is 14.4. The van der Waals surface area contributed by atoms with Crippen LogP contribution in [0.1, 0.15) is 5.56 Å². The number of amides is 2. The van der Waals surface area contributed by atoms with Gasteiger partial charge in [0.05, 0.1) is 19.5 Å². The number of piperazine rings is 1. The van der Waals surface area contributed by atoms with Crippen molar-refractivity contribution in [1.29, 1.82) is 0 Å². The molecule has 2 aromatic carbocycles. The topological polar surface area (TPSA) is 94.1 Å². The first kappa shape index (κ1) is 21.5. The molecule has 3 N–H and O–H groups in total. The Labute approximate surface area is 178 Å². The quantitative estimate of drug-likeness (QED) is 0.625. The number of rotatable bonds is 5. The smallest absolute Gasteiger partial charge is 0.407 e. The van der Waals surface area contributed by atoms with Crippen LogP contribution in [0.2, 0.25) is 0 Å². The van der Waals surface area contributed by atoms with Gasteiger partial charge in [-0.25, -0.2) is 9.18 Å². The van der Waals surface area contributed by atoms with Crippen molar-refractivity contribution >= 4 is 35.0 Å². The number of benzene rings is 2. The zero-order valence-corrected chi connectivity index (χ0v) is 16.8. The Balaban J connectivity index is 1.49. The molecule has 30 heavy (non-hydrogen) atoms. The first-order valence-corrected chi connectivity index (χ1v) is 9.66. The largest absolute Gasteiger partial charge is 0.465 e. The van der Waals surface area contributed by atoms with Crippen LogP contribution in [-0.2, 0) is 11.2 Å². The fourth-order valence-electron chi connectivity index (χ4n) is 2.88. The van der Waals surface area contributed by atoms with Crippen molar-refractivity contribution < 1.29 is 23.9 Å². The molecule has 1 heterocycles. The highest BCUT2D eigenvalue weighted by atomic mass is 32.1. The van der Waals surface area contributed by atoms with Gasteiger partial charge in [-0.3, -0.25) is 4.79 Å². The molecule has 1 aliphatic heterocycles. The van der Waals surface area contributed by atoms with Crippen LogP contribution >= 0.6 is 12.2 Å².